The van der Waals surface area contributed by atoms with E-state index >= 15 is 0 Å². The number of amides is 1. The molecule has 1 aromatic heterocycles. The maximum atomic E-state index is 12.7. The molecular weight excluding hydrogens is 288 g/mol. The Labute approximate surface area is 137 Å². The van der Waals surface area contributed by atoms with Gasteiger partial charge in [0, 0.05) is 19.3 Å². The van der Waals surface area contributed by atoms with Crippen molar-refractivity contribution in [2.45, 2.75) is 38.8 Å². The van der Waals surface area contributed by atoms with E-state index in [1.54, 1.807) is 0 Å². The van der Waals surface area contributed by atoms with Gasteiger partial charge in [0.1, 0.15) is 6.04 Å². The molecule has 1 saturated heterocycles. The van der Waals surface area contributed by atoms with Crippen LogP contribution in [0.15, 0.2) is 36.7 Å². The van der Waals surface area contributed by atoms with Crippen molar-refractivity contribution >= 4 is 5.91 Å². The van der Waals surface area contributed by atoms with Crippen LogP contribution < -0.4 is 5.73 Å². The van der Waals surface area contributed by atoms with Crippen molar-refractivity contribution in [3.63, 3.8) is 0 Å². The topological polar surface area (TPSA) is 64.2 Å². The number of rotatable bonds is 3. The highest BCUT2D eigenvalue weighted by Crippen LogP contribution is 2.24. The molecule has 1 amide bonds. The van der Waals surface area contributed by atoms with E-state index in [-0.39, 0.29) is 11.9 Å². The van der Waals surface area contributed by atoms with Crippen LogP contribution in [-0.2, 0) is 4.79 Å². The lowest BCUT2D eigenvalue weighted by Gasteiger charge is -2.34. The van der Waals surface area contributed by atoms with E-state index in [9.17, 15) is 4.79 Å². The number of benzene rings is 1. The quantitative estimate of drug-likeness (QED) is 0.946. The van der Waals surface area contributed by atoms with Gasteiger partial charge >= 0.3 is 0 Å². The summed E-state index contributed by atoms with van der Waals surface area (Å²) in [5.41, 5.74) is 9.38. The molecule has 122 valence electrons. The first-order valence-electron chi connectivity index (χ1n) is 8.16. The van der Waals surface area contributed by atoms with E-state index < -0.39 is 6.04 Å². The molecule has 3 rings (SSSR count). The highest BCUT2D eigenvalue weighted by atomic mass is 16.2. The molecule has 5 heteroatoms. The fraction of sp³-hybridized carbons (Fsp3) is 0.444. The van der Waals surface area contributed by atoms with Gasteiger partial charge in [-0.1, -0.05) is 29.8 Å². The molecule has 0 aliphatic carbocycles. The van der Waals surface area contributed by atoms with E-state index in [0.717, 1.165) is 30.5 Å². The van der Waals surface area contributed by atoms with E-state index in [0.29, 0.717) is 6.54 Å². The Bertz CT molecular complexity index is 677. The van der Waals surface area contributed by atoms with Crippen molar-refractivity contribution in [1.29, 1.82) is 0 Å². The molecule has 1 aliphatic rings. The molecule has 2 aromatic rings. The van der Waals surface area contributed by atoms with Crippen LogP contribution in [0.25, 0.3) is 0 Å². The maximum Gasteiger partial charge on any atom is 0.244 e. The first kappa shape index (κ1) is 15.7. The highest BCUT2D eigenvalue weighted by Gasteiger charge is 2.28. The number of aryl methyl sites for hydroxylation is 2. The Morgan fingerprint density at radius 3 is 2.65 bits per heavy atom. The van der Waals surface area contributed by atoms with Crippen LogP contribution >= 0.6 is 0 Å². The largest absolute Gasteiger partial charge is 0.339 e. The third-order valence-electron chi connectivity index (χ3n) is 4.52. The summed E-state index contributed by atoms with van der Waals surface area (Å²) in [6.07, 6.45) is 5.93. The van der Waals surface area contributed by atoms with Gasteiger partial charge in [-0.2, -0.15) is 5.10 Å². The SMILES string of the molecule is Cc1ccc(C(N)C(=O)N2CCCC(n3cc(C)cn3)C2)cc1. The van der Waals surface area contributed by atoms with E-state index in [1.807, 2.05) is 60.1 Å². The van der Waals surface area contributed by atoms with Crippen molar-refractivity contribution in [3.8, 4) is 0 Å². The molecule has 5 nitrogen and oxygen atoms in total. The predicted octanol–water partition coefficient (Wildman–Crippen LogP) is 2.36. The lowest BCUT2D eigenvalue weighted by atomic mass is 10.0. The monoisotopic (exact) mass is 312 g/mol. The summed E-state index contributed by atoms with van der Waals surface area (Å²) in [5, 5.41) is 4.39. The number of nitrogens with two attached hydrogens (primary N) is 1. The van der Waals surface area contributed by atoms with Crippen molar-refractivity contribution < 1.29 is 4.79 Å². The molecule has 0 bridgehead atoms. The number of carbonyl (C=O) groups excluding carboxylic acids is 1. The summed E-state index contributed by atoms with van der Waals surface area (Å²) in [6, 6.07) is 7.52. The fourth-order valence-electron chi connectivity index (χ4n) is 3.12. The zero-order valence-electron chi connectivity index (χ0n) is 13.8. The molecule has 2 N–H and O–H groups in total. The molecule has 0 saturated carbocycles. The number of nitrogens with zero attached hydrogens (tertiary/aromatic N) is 3. The maximum absolute atomic E-state index is 12.7. The summed E-state index contributed by atoms with van der Waals surface area (Å²) >= 11 is 0. The van der Waals surface area contributed by atoms with Gasteiger partial charge in [-0.05, 0) is 37.8 Å². The van der Waals surface area contributed by atoms with Crippen LogP contribution in [0.1, 0.15) is 41.6 Å². The van der Waals surface area contributed by atoms with Crippen molar-refractivity contribution in [2.75, 3.05) is 13.1 Å². The van der Waals surface area contributed by atoms with Crippen LogP contribution in [0.4, 0.5) is 0 Å². The van der Waals surface area contributed by atoms with Gasteiger partial charge < -0.3 is 10.6 Å². The second kappa shape index (κ2) is 6.54. The summed E-state index contributed by atoms with van der Waals surface area (Å²) in [7, 11) is 0. The molecule has 0 spiro atoms. The van der Waals surface area contributed by atoms with Gasteiger partial charge in [-0.25, -0.2) is 0 Å². The molecule has 1 aliphatic heterocycles. The number of hydrogen-bond acceptors (Lipinski definition) is 3. The molecule has 1 fully saturated rings. The van der Waals surface area contributed by atoms with Crippen LogP contribution in [0.3, 0.4) is 0 Å². The Morgan fingerprint density at radius 2 is 2.00 bits per heavy atom. The van der Waals surface area contributed by atoms with E-state index in [2.05, 4.69) is 5.10 Å². The zero-order chi connectivity index (χ0) is 16.4. The lowest BCUT2D eigenvalue weighted by molar-refractivity contribution is -0.134. The van der Waals surface area contributed by atoms with Crippen molar-refractivity contribution in [1.82, 2.24) is 14.7 Å². The average molecular weight is 312 g/mol. The summed E-state index contributed by atoms with van der Waals surface area (Å²) < 4.78 is 1.98. The van der Waals surface area contributed by atoms with E-state index in [4.69, 9.17) is 5.73 Å². The molecule has 1 aromatic carbocycles. The van der Waals surface area contributed by atoms with Crippen molar-refractivity contribution in [2.24, 2.45) is 5.73 Å². The zero-order valence-corrected chi connectivity index (χ0v) is 13.8. The number of aromatic nitrogens is 2. The number of hydrogen-bond donors (Lipinski definition) is 1. The third-order valence-corrected chi connectivity index (χ3v) is 4.52. The Hall–Kier alpha value is -2.14. The fourth-order valence-corrected chi connectivity index (χ4v) is 3.12. The Kier molecular flexibility index (Phi) is 4.48. The molecule has 2 atom stereocenters. The second-order valence-corrected chi connectivity index (χ2v) is 6.47. The smallest absolute Gasteiger partial charge is 0.244 e. The van der Waals surface area contributed by atoms with E-state index in [1.165, 1.54) is 5.56 Å². The minimum atomic E-state index is -0.589. The van der Waals surface area contributed by atoms with Gasteiger partial charge in [-0.15, -0.1) is 0 Å². The molecule has 0 radical (unpaired) electrons. The lowest BCUT2D eigenvalue weighted by Crippen LogP contribution is -2.45. The first-order valence-corrected chi connectivity index (χ1v) is 8.16. The van der Waals surface area contributed by atoms with Crippen LogP contribution in [0.5, 0.6) is 0 Å². The Balaban J connectivity index is 1.70. The van der Waals surface area contributed by atoms with Gasteiger partial charge in [0.25, 0.3) is 0 Å². The second-order valence-electron chi connectivity index (χ2n) is 6.47. The number of likely N-dealkylation sites (tertiary alicyclic amines) is 1. The van der Waals surface area contributed by atoms with Crippen LogP contribution in [-0.4, -0.2) is 33.7 Å². The standard InChI is InChI=1S/C18H24N4O/c1-13-5-7-15(8-6-13)17(19)18(23)21-9-3-4-16(12-21)22-11-14(2)10-20-22/h5-8,10-11,16-17H,3-4,9,12,19H2,1-2H3. The van der Waals surface area contributed by atoms with Gasteiger partial charge in [0.15, 0.2) is 0 Å². The van der Waals surface area contributed by atoms with Gasteiger partial charge in [0.05, 0.1) is 12.2 Å². The minimum absolute atomic E-state index is 0.00225. The number of carbonyl (C=O) groups is 1. The number of piperidine rings is 1. The highest BCUT2D eigenvalue weighted by molar-refractivity contribution is 5.83. The van der Waals surface area contributed by atoms with Crippen molar-refractivity contribution in [3.05, 3.63) is 53.3 Å². The van der Waals surface area contributed by atoms with Gasteiger partial charge in [-0.3, -0.25) is 9.48 Å². The molecule has 23 heavy (non-hydrogen) atoms. The normalized spacial score (nSPS) is 19.6. The molecule has 2 heterocycles. The first-order chi connectivity index (χ1) is 11.0. The molecular formula is C18H24N4O. The van der Waals surface area contributed by atoms with Crippen LogP contribution in [0.2, 0.25) is 0 Å². The predicted molar refractivity (Wildman–Crippen MR) is 89.9 cm³/mol. The summed E-state index contributed by atoms with van der Waals surface area (Å²) in [6.45, 7) is 5.51. The summed E-state index contributed by atoms with van der Waals surface area (Å²) in [5.74, 6) is 0.00225. The Morgan fingerprint density at radius 1 is 1.26 bits per heavy atom. The minimum Gasteiger partial charge on any atom is -0.339 e. The van der Waals surface area contributed by atoms with Crippen LogP contribution in [0, 0.1) is 13.8 Å². The molecule has 2 unspecified atom stereocenters. The van der Waals surface area contributed by atoms with Gasteiger partial charge in [0.2, 0.25) is 5.91 Å². The summed E-state index contributed by atoms with van der Waals surface area (Å²) in [4.78, 5) is 14.6. The average Bonchev–Trinajstić information content (AvgIpc) is 3.01. The third kappa shape index (κ3) is 3.45.